The van der Waals surface area contributed by atoms with Crippen molar-refractivity contribution in [3.63, 3.8) is 0 Å². The van der Waals surface area contributed by atoms with E-state index in [4.69, 9.17) is 10.3 Å². The number of hydrogen-bond donors (Lipinski definition) is 3. The molecule has 0 fully saturated rings. The Balaban J connectivity index is 0.00000484. The number of carbonyl (C=O) groups is 1. The number of amides is 1. The Morgan fingerprint density at radius 1 is 1.43 bits per heavy atom. The van der Waals surface area contributed by atoms with Crippen LogP contribution in [0.15, 0.2) is 15.6 Å². The lowest BCUT2D eigenvalue weighted by Gasteiger charge is -2.22. The van der Waals surface area contributed by atoms with E-state index in [1.165, 1.54) is 0 Å². The highest BCUT2D eigenvalue weighted by molar-refractivity contribution is 14.0. The van der Waals surface area contributed by atoms with Crippen LogP contribution < -0.4 is 16.4 Å². The van der Waals surface area contributed by atoms with Gasteiger partial charge in [0.05, 0.1) is 11.1 Å². The first-order valence-electron chi connectivity index (χ1n) is 7.53. The third-order valence-electron chi connectivity index (χ3n) is 3.27. The molecule has 23 heavy (non-hydrogen) atoms. The zero-order chi connectivity index (χ0) is 16.8. The summed E-state index contributed by atoms with van der Waals surface area (Å²) < 4.78 is 5.25. The quantitative estimate of drug-likeness (QED) is 0.344. The molecule has 0 saturated heterocycles. The number of carbonyl (C=O) groups excluding carboxylic acids is 1. The Labute approximate surface area is 154 Å². The second-order valence-corrected chi connectivity index (χ2v) is 6.17. The molecule has 132 valence electrons. The Morgan fingerprint density at radius 3 is 2.57 bits per heavy atom. The number of guanidine groups is 1. The minimum absolute atomic E-state index is 0. The number of aliphatic imine (C=N–C) groups is 1. The van der Waals surface area contributed by atoms with Crippen molar-refractivity contribution < 1.29 is 9.32 Å². The summed E-state index contributed by atoms with van der Waals surface area (Å²) in [5.74, 6) is 1.28. The highest BCUT2D eigenvalue weighted by Gasteiger charge is 2.24. The fourth-order valence-corrected chi connectivity index (χ4v) is 1.57. The van der Waals surface area contributed by atoms with Crippen molar-refractivity contribution in [1.82, 2.24) is 15.8 Å². The van der Waals surface area contributed by atoms with Gasteiger partial charge in [-0.05, 0) is 26.7 Å². The van der Waals surface area contributed by atoms with E-state index in [9.17, 15) is 4.79 Å². The molecular formula is C15H28IN5O2. The van der Waals surface area contributed by atoms with Crippen LogP contribution in [0.1, 0.15) is 52.0 Å². The number of aromatic nitrogens is 1. The van der Waals surface area contributed by atoms with Crippen LogP contribution in [0.3, 0.4) is 0 Å². The van der Waals surface area contributed by atoms with Gasteiger partial charge in [0.15, 0.2) is 11.7 Å². The molecular weight excluding hydrogens is 409 g/mol. The van der Waals surface area contributed by atoms with E-state index in [-0.39, 0.29) is 29.9 Å². The first-order valence-corrected chi connectivity index (χ1v) is 7.53. The average molecular weight is 437 g/mol. The fourth-order valence-electron chi connectivity index (χ4n) is 1.57. The van der Waals surface area contributed by atoms with Gasteiger partial charge in [-0.25, -0.2) is 4.99 Å². The molecule has 4 N–H and O–H groups in total. The predicted octanol–water partition coefficient (Wildman–Crippen LogP) is 1.98. The van der Waals surface area contributed by atoms with Crippen molar-refractivity contribution in [1.29, 1.82) is 0 Å². The molecule has 0 aromatic carbocycles. The summed E-state index contributed by atoms with van der Waals surface area (Å²) >= 11 is 0. The van der Waals surface area contributed by atoms with Crippen molar-refractivity contribution >= 4 is 35.8 Å². The maximum atomic E-state index is 11.3. The monoisotopic (exact) mass is 437 g/mol. The molecule has 1 rings (SSSR count). The zero-order valence-electron chi connectivity index (χ0n) is 14.5. The normalized spacial score (nSPS) is 12.0. The number of nitrogens with zero attached hydrogens (tertiary/aromatic N) is 2. The molecule has 0 aliphatic heterocycles. The summed E-state index contributed by atoms with van der Waals surface area (Å²) in [7, 11) is 0. The van der Waals surface area contributed by atoms with Crippen LogP contribution in [-0.2, 0) is 11.3 Å². The summed E-state index contributed by atoms with van der Waals surface area (Å²) in [6, 6.07) is 1.91. The van der Waals surface area contributed by atoms with Gasteiger partial charge in [-0.3, -0.25) is 4.79 Å². The number of nitrogens with one attached hydrogen (secondary N) is 2. The SMILES string of the molecule is CCNC(=NCc1cc(C(C)C)no1)NCC(C)(C)C(N)=O.I. The molecule has 0 radical (unpaired) electrons. The van der Waals surface area contributed by atoms with Gasteiger partial charge in [0, 0.05) is 19.2 Å². The van der Waals surface area contributed by atoms with Crippen molar-refractivity contribution in [3.8, 4) is 0 Å². The minimum atomic E-state index is -0.646. The smallest absolute Gasteiger partial charge is 0.224 e. The van der Waals surface area contributed by atoms with Gasteiger partial charge in [-0.15, -0.1) is 24.0 Å². The van der Waals surface area contributed by atoms with Crippen LogP contribution in [0.4, 0.5) is 0 Å². The van der Waals surface area contributed by atoms with E-state index >= 15 is 0 Å². The zero-order valence-corrected chi connectivity index (χ0v) is 16.8. The molecule has 8 heteroatoms. The van der Waals surface area contributed by atoms with Crippen molar-refractivity contribution in [2.45, 2.75) is 47.1 Å². The number of nitrogens with two attached hydrogens (primary N) is 1. The van der Waals surface area contributed by atoms with Crippen LogP contribution >= 0.6 is 24.0 Å². The third kappa shape index (κ3) is 7.19. The Bertz CT molecular complexity index is 526. The summed E-state index contributed by atoms with van der Waals surface area (Å²) in [5, 5.41) is 10.2. The van der Waals surface area contributed by atoms with Gasteiger partial charge in [-0.1, -0.05) is 19.0 Å². The maximum absolute atomic E-state index is 11.3. The first kappa shape index (κ1) is 21.7. The first-order chi connectivity index (χ1) is 10.3. The van der Waals surface area contributed by atoms with Crippen LogP contribution in [0.5, 0.6) is 0 Å². The second kappa shape index (κ2) is 9.74. The molecule has 0 aliphatic rings. The molecule has 0 saturated carbocycles. The van der Waals surface area contributed by atoms with Gasteiger partial charge in [-0.2, -0.15) is 0 Å². The molecule has 0 bridgehead atoms. The molecule has 1 heterocycles. The van der Waals surface area contributed by atoms with Gasteiger partial charge in [0.25, 0.3) is 0 Å². The van der Waals surface area contributed by atoms with Gasteiger partial charge in [0.1, 0.15) is 6.54 Å². The van der Waals surface area contributed by atoms with E-state index in [1.807, 2.05) is 13.0 Å². The molecule has 0 spiro atoms. The van der Waals surface area contributed by atoms with Crippen molar-refractivity contribution in [2.24, 2.45) is 16.1 Å². The summed E-state index contributed by atoms with van der Waals surface area (Å²) in [4.78, 5) is 15.8. The van der Waals surface area contributed by atoms with Crippen LogP contribution in [0.25, 0.3) is 0 Å². The van der Waals surface area contributed by atoms with E-state index in [2.05, 4.69) is 34.6 Å². The van der Waals surface area contributed by atoms with Crippen LogP contribution in [0.2, 0.25) is 0 Å². The minimum Gasteiger partial charge on any atom is -0.369 e. The maximum Gasteiger partial charge on any atom is 0.224 e. The van der Waals surface area contributed by atoms with E-state index in [0.29, 0.717) is 30.7 Å². The number of halogens is 1. The van der Waals surface area contributed by atoms with Gasteiger partial charge in [0.2, 0.25) is 5.91 Å². The Hall–Kier alpha value is -1.32. The average Bonchev–Trinajstić information content (AvgIpc) is 2.91. The lowest BCUT2D eigenvalue weighted by Crippen LogP contribution is -2.46. The van der Waals surface area contributed by atoms with Crippen LogP contribution in [-0.4, -0.2) is 30.1 Å². The number of rotatable bonds is 7. The lowest BCUT2D eigenvalue weighted by atomic mass is 9.93. The molecule has 1 amide bonds. The predicted molar refractivity (Wildman–Crippen MR) is 102 cm³/mol. The molecule has 0 aliphatic carbocycles. The number of hydrogen-bond acceptors (Lipinski definition) is 4. The highest BCUT2D eigenvalue weighted by atomic mass is 127. The summed E-state index contributed by atoms with van der Waals surface area (Å²) in [6.45, 7) is 11.2. The Kier molecular flexibility index (Phi) is 9.18. The van der Waals surface area contributed by atoms with Gasteiger partial charge >= 0.3 is 0 Å². The van der Waals surface area contributed by atoms with Crippen molar-refractivity contribution in [3.05, 3.63) is 17.5 Å². The topological polar surface area (TPSA) is 106 Å². The van der Waals surface area contributed by atoms with E-state index in [1.54, 1.807) is 13.8 Å². The molecule has 0 unspecified atom stereocenters. The molecule has 1 aromatic heterocycles. The standard InChI is InChI=1S/C15H27N5O2.HI/c1-6-17-14(19-9-15(4,5)13(16)21)18-8-11-7-12(10(2)3)20-22-11;/h7,10H,6,8-9H2,1-5H3,(H2,16,21)(H2,17,18,19);1H. The van der Waals surface area contributed by atoms with Crippen LogP contribution in [0, 0.1) is 5.41 Å². The second-order valence-electron chi connectivity index (χ2n) is 6.17. The Morgan fingerprint density at radius 2 is 2.09 bits per heavy atom. The van der Waals surface area contributed by atoms with Gasteiger partial charge < -0.3 is 20.9 Å². The largest absolute Gasteiger partial charge is 0.369 e. The highest BCUT2D eigenvalue weighted by Crippen LogP contribution is 2.14. The summed E-state index contributed by atoms with van der Waals surface area (Å²) in [6.07, 6.45) is 0. The third-order valence-corrected chi connectivity index (χ3v) is 3.27. The van der Waals surface area contributed by atoms with E-state index < -0.39 is 5.41 Å². The van der Waals surface area contributed by atoms with E-state index in [0.717, 1.165) is 12.2 Å². The number of primary amides is 1. The molecule has 7 nitrogen and oxygen atoms in total. The molecule has 1 aromatic rings. The fraction of sp³-hybridized carbons (Fsp3) is 0.667. The molecule has 0 atom stereocenters. The lowest BCUT2D eigenvalue weighted by molar-refractivity contribution is -0.125. The summed E-state index contributed by atoms with van der Waals surface area (Å²) in [5.41, 5.74) is 5.63. The van der Waals surface area contributed by atoms with Crippen molar-refractivity contribution in [2.75, 3.05) is 13.1 Å².